The van der Waals surface area contributed by atoms with Crippen LogP contribution < -0.4 is 5.73 Å². The fourth-order valence-corrected chi connectivity index (χ4v) is 2.99. The van der Waals surface area contributed by atoms with Crippen LogP contribution in [0.5, 0.6) is 0 Å². The number of aliphatic imine (C=N–C) groups is 1. The van der Waals surface area contributed by atoms with Crippen LogP contribution in [0, 0.1) is 5.82 Å². The average Bonchev–Trinajstić information content (AvgIpc) is 2.90. The molecule has 1 aliphatic rings. The topological polar surface area (TPSA) is 61.9 Å². The van der Waals surface area contributed by atoms with Crippen LogP contribution in [-0.2, 0) is 6.54 Å². The molecule has 0 aromatic heterocycles. The van der Waals surface area contributed by atoms with Crippen molar-refractivity contribution in [1.29, 1.82) is 0 Å². The lowest BCUT2D eigenvalue weighted by molar-refractivity contribution is 0.0864. The van der Waals surface area contributed by atoms with E-state index in [1.165, 1.54) is 11.0 Å². The van der Waals surface area contributed by atoms with E-state index in [4.69, 9.17) is 5.73 Å². The van der Waals surface area contributed by atoms with Gasteiger partial charge in [0, 0.05) is 11.1 Å². The Bertz CT molecular complexity index is 613. The molecular weight excluding hydrogens is 307 g/mol. The van der Waals surface area contributed by atoms with Crippen molar-refractivity contribution < 1.29 is 9.18 Å². The maximum absolute atomic E-state index is 13.8. The maximum Gasteiger partial charge on any atom is 0.261 e. The Labute approximate surface area is 143 Å². The number of rotatable bonds is 7. The zero-order valence-corrected chi connectivity index (χ0v) is 14.8. The average molecular weight is 334 g/mol. The number of hydrogen-bond acceptors (Lipinski definition) is 3. The van der Waals surface area contributed by atoms with E-state index in [9.17, 15) is 9.18 Å². The summed E-state index contributed by atoms with van der Waals surface area (Å²) in [6.07, 6.45) is 1.93. The van der Waals surface area contributed by atoms with Gasteiger partial charge < -0.3 is 10.6 Å². The van der Waals surface area contributed by atoms with Gasteiger partial charge in [0.2, 0.25) is 0 Å². The molecule has 1 amide bonds. The summed E-state index contributed by atoms with van der Waals surface area (Å²) in [6.45, 7) is 9.57. The van der Waals surface area contributed by atoms with E-state index in [1.54, 1.807) is 12.1 Å². The first-order valence-electron chi connectivity index (χ1n) is 8.62. The first-order valence-corrected chi connectivity index (χ1v) is 8.62. The van der Waals surface area contributed by atoms with Crippen molar-refractivity contribution in [3.05, 3.63) is 35.1 Å². The Morgan fingerprint density at radius 3 is 2.75 bits per heavy atom. The van der Waals surface area contributed by atoms with Crippen LogP contribution in [0.1, 0.15) is 49.5 Å². The van der Waals surface area contributed by atoms with E-state index in [0.29, 0.717) is 11.1 Å². The van der Waals surface area contributed by atoms with Gasteiger partial charge in [0.25, 0.3) is 5.91 Å². The van der Waals surface area contributed by atoms with Crippen LogP contribution in [0.2, 0.25) is 0 Å². The smallest absolute Gasteiger partial charge is 0.261 e. The van der Waals surface area contributed by atoms with Crippen LogP contribution in [0.4, 0.5) is 4.39 Å². The third kappa shape index (κ3) is 4.12. The Balaban J connectivity index is 1.94. The second-order valence-electron chi connectivity index (χ2n) is 6.16. The molecule has 0 bridgehead atoms. The molecule has 132 valence electrons. The second-order valence-corrected chi connectivity index (χ2v) is 6.16. The summed E-state index contributed by atoms with van der Waals surface area (Å²) in [7, 11) is 0. The number of amides is 1. The first-order chi connectivity index (χ1) is 11.5. The summed E-state index contributed by atoms with van der Waals surface area (Å²) in [6, 6.07) is 4.56. The number of benzene rings is 1. The van der Waals surface area contributed by atoms with Gasteiger partial charge in [-0.15, -0.1) is 0 Å². The van der Waals surface area contributed by atoms with Crippen molar-refractivity contribution in [2.75, 3.05) is 19.6 Å². The van der Waals surface area contributed by atoms with Crippen LogP contribution >= 0.6 is 0 Å². The fourth-order valence-electron chi connectivity index (χ4n) is 2.99. The van der Waals surface area contributed by atoms with Gasteiger partial charge in [-0.3, -0.25) is 9.69 Å². The zero-order chi connectivity index (χ0) is 17.7. The van der Waals surface area contributed by atoms with Gasteiger partial charge in [-0.2, -0.15) is 0 Å². The summed E-state index contributed by atoms with van der Waals surface area (Å²) < 4.78 is 13.8. The Morgan fingerprint density at radius 1 is 1.42 bits per heavy atom. The number of carbonyl (C=O) groups excluding carboxylic acids is 1. The van der Waals surface area contributed by atoms with E-state index in [1.807, 2.05) is 6.92 Å². The minimum Gasteiger partial charge on any atom is -0.369 e. The summed E-state index contributed by atoms with van der Waals surface area (Å²) in [4.78, 5) is 20.5. The van der Waals surface area contributed by atoms with E-state index in [-0.39, 0.29) is 30.3 Å². The Kier molecular flexibility index (Phi) is 6.31. The molecule has 6 heteroatoms. The predicted octanol–water partition coefficient (Wildman–Crippen LogP) is 2.61. The molecule has 1 heterocycles. The predicted molar refractivity (Wildman–Crippen MR) is 94.4 cm³/mol. The van der Waals surface area contributed by atoms with Crippen LogP contribution in [0.3, 0.4) is 0 Å². The lowest BCUT2D eigenvalue weighted by atomic mass is 10.1. The maximum atomic E-state index is 13.8. The monoisotopic (exact) mass is 334 g/mol. The lowest BCUT2D eigenvalue weighted by Gasteiger charge is -2.19. The molecule has 24 heavy (non-hydrogen) atoms. The van der Waals surface area contributed by atoms with Gasteiger partial charge in [0.15, 0.2) is 5.96 Å². The first kappa shape index (κ1) is 18.4. The summed E-state index contributed by atoms with van der Waals surface area (Å²) >= 11 is 0. The summed E-state index contributed by atoms with van der Waals surface area (Å²) in [5, 5.41) is 0. The highest BCUT2D eigenvalue weighted by molar-refractivity contribution is 6.08. The minimum atomic E-state index is -0.372. The number of nitrogens with zero attached hydrogens (tertiary/aromatic N) is 3. The van der Waals surface area contributed by atoms with Crippen molar-refractivity contribution in [3.63, 3.8) is 0 Å². The zero-order valence-electron chi connectivity index (χ0n) is 14.8. The van der Waals surface area contributed by atoms with Crippen LogP contribution in [0.25, 0.3) is 0 Å². The number of fused-ring (bicyclic) bond motifs is 1. The Hall–Kier alpha value is -1.95. The number of guanidine groups is 1. The highest BCUT2D eigenvalue weighted by Crippen LogP contribution is 2.25. The van der Waals surface area contributed by atoms with Crippen molar-refractivity contribution in [3.8, 4) is 0 Å². The van der Waals surface area contributed by atoms with Crippen molar-refractivity contribution >= 4 is 11.9 Å². The molecule has 0 radical (unpaired) electrons. The number of carbonyl (C=O) groups is 1. The molecule has 2 rings (SSSR count). The van der Waals surface area contributed by atoms with E-state index in [2.05, 4.69) is 23.7 Å². The van der Waals surface area contributed by atoms with Gasteiger partial charge in [-0.25, -0.2) is 9.38 Å². The van der Waals surface area contributed by atoms with Gasteiger partial charge in [0.1, 0.15) is 5.82 Å². The number of halogens is 1. The number of hydrogen-bond donors (Lipinski definition) is 1. The molecule has 1 aliphatic heterocycles. The van der Waals surface area contributed by atoms with E-state index in [0.717, 1.165) is 32.5 Å². The molecule has 0 spiro atoms. The molecule has 0 fully saturated rings. The van der Waals surface area contributed by atoms with Gasteiger partial charge >= 0.3 is 0 Å². The molecule has 1 unspecified atom stereocenters. The van der Waals surface area contributed by atoms with E-state index < -0.39 is 0 Å². The molecule has 1 aromatic carbocycles. The fraction of sp³-hybridized carbons (Fsp3) is 0.556. The lowest BCUT2D eigenvalue weighted by Crippen LogP contribution is -2.38. The second kappa shape index (κ2) is 8.24. The van der Waals surface area contributed by atoms with Gasteiger partial charge in [0.05, 0.1) is 12.6 Å². The number of nitrogens with two attached hydrogens (primary N) is 1. The molecule has 2 N–H and O–H groups in total. The van der Waals surface area contributed by atoms with Gasteiger partial charge in [-0.05, 0) is 51.5 Å². The molecular formula is C18H27FN4O. The molecule has 1 aromatic rings. The highest BCUT2D eigenvalue weighted by Gasteiger charge is 2.31. The molecule has 0 aliphatic carbocycles. The van der Waals surface area contributed by atoms with Crippen LogP contribution in [-0.4, -0.2) is 47.3 Å². The molecule has 0 saturated heterocycles. The summed E-state index contributed by atoms with van der Waals surface area (Å²) in [5.74, 6) is -0.476. The molecule has 5 nitrogen and oxygen atoms in total. The SMILES string of the molecule is CCN(CC)CCCC(C)N=C(N)N1Cc2c(F)cccc2C1=O. The van der Waals surface area contributed by atoms with Crippen LogP contribution in [0.15, 0.2) is 23.2 Å². The quantitative estimate of drug-likeness (QED) is 0.616. The third-order valence-electron chi connectivity index (χ3n) is 4.53. The normalized spacial score (nSPS) is 16.0. The summed E-state index contributed by atoms with van der Waals surface area (Å²) in [5.41, 5.74) is 6.78. The van der Waals surface area contributed by atoms with E-state index >= 15 is 0 Å². The van der Waals surface area contributed by atoms with Crippen molar-refractivity contribution in [2.45, 2.75) is 46.2 Å². The largest absolute Gasteiger partial charge is 0.369 e. The third-order valence-corrected chi connectivity index (χ3v) is 4.53. The van der Waals surface area contributed by atoms with Crippen molar-refractivity contribution in [1.82, 2.24) is 9.80 Å². The molecule has 0 saturated carbocycles. The van der Waals surface area contributed by atoms with Crippen molar-refractivity contribution in [2.24, 2.45) is 10.7 Å². The standard InChI is InChI=1S/C18H27FN4O/c1-4-22(5-2)11-7-8-13(3)21-18(20)23-12-15-14(17(23)24)9-6-10-16(15)19/h6,9-10,13H,4-5,7-8,11-12H2,1-3H3,(H2,20,21). The minimum absolute atomic E-state index is 0.0296. The highest BCUT2D eigenvalue weighted by atomic mass is 19.1. The Morgan fingerprint density at radius 2 is 2.12 bits per heavy atom. The molecule has 1 atom stereocenters. The van der Waals surface area contributed by atoms with Gasteiger partial charge in [-0.1, -0.05) is 19.9 Å².